The first-order valence-corrected chi connectivity index (χ1v) is 8.55. The van der Waals surface area contributed by atoms with Gasteiger partial charge in [0.1, 0.15) is 0 Å². The maximum absolute atomic E-state index is 13.0. The first-order chi connectivity index (χ1) is 12.5. The van der Waals surface area contributed by atoms with Crippen molar-refractivity contribution in [2.75, 3.05) is 4.90 Å². The molecule has 0 spiro atoms. The van der Waals surface area contributed by atoms with Gasteiger partial charge in [-0.15, -0.1) is 0 Å². The molecule has 0 radical (unpaired) electrons. The number of rotatable bonds is 5. The third kappa shape index (κ3) is 4.12. The molecule has 0 aliphatic rings. The summed E-state index contributed by atoms with van der Waals surface area (Å²) in [5.41, 5.74) is 2.06. The monoisotopic (exact) mass is 411 g/mol. The van der Waals surface area contributed by atoms with Gasteiger partial charge in [0.15, 0.2) is 0 Å². The van der Waals surface area contributed by atoms with Gasteiger partial charge in [0.2, 0.25) is 0 Å². The summed E-state index contributed by atoms with van der Waals surface area (Å²) >= 11 is 3.39. The highest BCUT2D eigenvalue weighted by Gasteiger charge is 2.18. The zero-order valence-corrected chi connectivity index (χ0v) is 15.2. The number of halogens is 1. The van der Waals surface area contributed by atoms with Crippen molar-refractivity contribution in [3.8, 4) is 0 Å². The summed E-state index contributed by atoms with van der Waals surface area (Å²) in [6, 6.07) is 16.9. The van der Waals surface area contributed by atoms with E-state index in [0.717, 1.165) is 15.7 Å². The Morgan fingerprint density at radius 3 is 2.19 bits per heavy atom. The third-order valence-corrected chi connectivity index (χ3v) is 4.33. The first kappa shape index (κ1) is 17.8. The second-order valence-electron chi connectivity index (χ2n) is 5.53. The highest BCUT2D eigenvalue weighted by atomic mass is 79.9. The van der Waals surface area contributed by atoms with E-state index in [1.165, 1.54) is 12.1 Å². The number of nitro benzene ring substituents is 1. The summed E-state index contributed by atoms with van der Waals surface area (Å²) in [6.07, 6.45) is 3.14. The molecule has 2 aromatic carbocycles. The Labute approximate surface area is 158 Å². The lowest BCUT2D eigenvalue weighted by molar-refractivity contribution is -0.384. The molecule has 0 saturated heterocycles. The number of carbonyl (C=O) groups is 1. The van der Waals surface area contributed by atoms with Crippen molar-refractivity contribution in [1.82, 2.24) is 4.98 Å². The van der Waals surface area contributed by atoms with Gasteiger partial charge in [0, 0.05) is 40.2 Å². The van der Waals surface area contributed by atoms with Gasteiger partial charge in [-0.2, -0.15) is 0 Å². The fraction of sp³-hybridized carbons (Fsp3) is 0.0526. The number of hydrogen-bond donors (Lipinski definition) is 0. The van der Waals surface area contributed by atoms with Crippen molar-refractivity contribution in [2.24, 2.45) is 0 Å². The highest BCUT2D eigenvalue weighted by molar-refractivity contribution is 9.10. The molecule has 0 unspecified atom stereocenters. The topological polar surface area (TPSA) is 76.3 Å². The summed E-state index contributed by atoms with van der Waals surface area (Å²) in [4.78, 5) is 28.9. The molecule has 0 atom stereocenters. The molecule has 0 bridgehead atoms. The third-order valence-electron chi connectivity index (χ3n) is 3.80. The number of benzene rings is 2. The standard InChI is InChI=1S/C19H14BrN3O3/c20-16-3-7-17(8-4-16)22(19(24)15-9-11-21-12-10-15)13-14-1-5-18(6-2-14)23(25)26/h1-12H,13H2. The van der Waals surface area contributed by atoms with Crippen LogP contribution in [0.4, 0.5) is 11.4 Å². The number of nitrogens with zero attached hydrogens (tertiary/aromatic N) is 3. The second kappa shape index (κ2) is 7.88. The molecule has 1 aromatic heterocycles. The number of amides is 1. The largest absolute Gasteiger partial charge is 0.304 e. The van der Waals surface area contributed by atoms with Crippen LogP contribution >= 0.6 is 15.9 Å². The van der Waals surface area contributed by atoms with Crippen molar-refractivity contribution in [3.63, 3.8) is 0 Å². The molecule has 7 heteroatoms. The number of hydrogen-bond acceptors (Lipinski definition) is 4. The summed E-state index contributed by atoms with van der Waals surface area (Å²) in [6.45, 7) is 0.292. The molecule has 0 aliphatic heterocycles. The Hall–Kier alpha value is -3.06. The van der Waals surface area contributed by atoms with E-state index in [9.17, 15) is 14.9 Å². The van der Waals surface area contributed by atoms with Crippen LogP contribution in [0.25, 0.3) is 0 Å². The Kier molecular flexibility index (Phi) is 5.38. The SMILES string of the molecule is O=C(c1ccncc1)N(Cc1ccc([N+](=O)[O-])cc1)c1ccc(Br)cc1. The second-order valence-corrected chi connectivity index (χ2v) is 6.44. The fourth-order valence-electron chi connectivity index (χ4n) is 2.46. The smallest absolute Gasteiger partial charge is 0.269 e. The van der Waals surface area contributed by atoms with E-state index < -0.39 is 4.92 Å². The summed E-state index contributed by atoms with van der Waals surface area (Å²) < 4.78 is 0.910. The van der Waals surface area contributed by atoms with Crippen molar-refractivity contribution in [1.29, 1.82) is 0 Å². The fourth-order valence-corrected chi connectivity index (χ4v) is 2.72. The van der Waals surface area contributed by atoms with Crippen LogP contribution < -0.4 is 4.90 Å². The van der Waals surface area contributed by atoms with Gasteiger partial charge in [-0.1, -0.05) is 28.1 Å². The van der Waals surface area contributed by atoms with Crippen molar-refractivity contribution < 1.29 is 9.72 Å². The number of aromatic nitrogens is 1. The Morgan fingerprint density at radius 2 is 1.62 bits per heavy atom. The van der Waals surface area contributed by atoms with Gasteiger partial charge < -0.3 is 4.90 Å². The lowest BCUT2D eigenvalue weighted by Gasteiger charge is -2.23. The van der Waals surface area contributed by atoms with Crippen LogP contribution in [-0.2, 0) is 6.54 Å². The summed E-state index contributed by atoms with van der Waals surface area (Å²) in [5, 5.41) is 10.8. The molecule has 0 aliphatic carbocycles. The van der Waals surface area contributed by atoms with Crippen molar-refractivity contribution >= 4 is 33.2 Å². The summed E-state index contributed by atoms with van der Waals surface area (Å²) in [7, 11) is 0. The van der Waals surface area contributed by atoms with Crippen molar-refractivity contribution in [3.05, 3.63) is 98.8 Å². The number of nitro groups is 1. The maximum Gasteiger partial charge on any atom is 0.269 e. The zero-order valence-electron chi connectivity index (χ0n) is 13.6. The number of anilines is 1. The minimum atomic E-state index is -0.446. The minimum absolute atomic E-state index is 0.0180. The maximum atomic E-state index is 13.0. The lowest BCUT2D eigenvalue weighted by atomic mass is 10.1. The predicted octanol–water partition coefficient (Wildman–Crippen LogP) is 4.60. The Bertz CT molecular complexity index is 913. The molecule has 1 heterocycles. The molecule has 6 nitrogen and oxygen atoms in total. The van der Waals surface area contributed by atoms with Gasteiger partial charge in [-0.05, 0) is 42.0 Å². The first-order valence-electron chi connectivity index (χ1n) is 7.75. The van der Waals surface area contributed by atoms with E-state index in [-0.39, 0.29) is 11.6 Å². The molecule has 0 saturated carbocycles. The number of pyridine rings is 1. The molecular formula is C19H14BrN3O3. The van der Waals surface area contributed by atoms with Crippen LogP contribution in [0, 0.1) is 10.1 Å². The molecule has 1 amide bonds. The normalized spacial score (nSPS) is 10.3. The number of carbonyl (C=O) groups excluding carboxylic acids is 1. The van der Waals surface area contributed by atoms with Crippen LogP contribution in [-0.4, -0.2) is 15.8 Å². The van der Waals surface area contributed by atoms with Crippen LogP contribution in [0.15, 0.2) is 77.5 Å². The van der Waals surface area contributed by atoms with Crippen molar-refractivity contribution in [2.45, 2.75) is 6.54 Å². The van der Waals surface area contributed by atoms with E-state index in [1.54, 1.807) is 41.6 Å². The molecule has 26 heavy (non-hydrogen) atoms. The van der Waals surface area contributed by atoms with Gasteiger partial charge in [0.25, 0.3) is 11.6 Å². The quantitative estimate of drug-likeness (QED) is 0.454. The van der Waals surface area contributed by atoms with Gasteiger partial charge in [-0.3, -0.25) is 19.9 Å². The van der Waals surface area contributed by atoms with E-state index in [1.807, 2.05) is 24.3 Å². The molecule has 0 N–H and O–H groups in total. The van der Waals surface area contributed by atoms with Gasteiger partial charge >= 0.3 is 0 Å². The minimum Gasteiger partial charge on any atom is -0.304 e. The van der Waals surface area contributed by atoms with Gasteiger partial charge in [-0.25, -0.2) is 0 Å². The van der Waals surface area contributed by atoms with E-state index in [4.69, 9.17) is 0 Å². The van der Waals surface area contributed by atoms with Gasteiger partial charge in [0.05, 0.1) is 11.5 Å². The molecule has 3 rings (SSSR count). The van der Waals surface area contributed by atoms with E-state index in [2.05, 4.69) is 20.9 Å². The van der Waals surface area contributed by atoms with Crippen LogP contribution in [0.2, 0.25) is 0 Å². The highest BCUT2D eigenvalue weighted by Crippen LogP contribution is 2.23. The molecule has 0 fully saturated rings. The average molecular weight is 412 g/mol. The number of non-ortho nitro benzene ring substituents is 1. The molecular weight excluding hydrogens is 398 g/mol. The Morgan fingerprint density at radius 1 is 1.00 bits per heavy atom. The summed E-state index contributed by atoms with van der Waals surface area (Å²) in [5.74, 6) is -0.173. The Balaban J connectivity index is 1.93. The van der Waals surface area contributed by atoms with E-state index in [0.29, 0.717) is 12.1 Å². The van der Waals surface area contributed by atoms with Crippen LogP contribution in [0.1, 0.15) is 15.9 Å². The van der Waals surface area contributed by atoms with Crippen LogP contribution in [0.5, 0.6) is 0 Å². The molecule has 130 valence electrons. The average Bonchev–Trinajstić information content (AvgIpc) is 2.67. The zero-order chi connectivity index (χ0) is 18.5. The van der Waals surface area contributed by atoms with E-state index >= 15 is 0 Å². The molecule has 3 aromatic rings. The predicted molar refractivity (Wildman–Crippen MR) is 102 cm³/mol. The lowest BCUT2D eigenvalue weighted by Crippen LogP contribution is -2.30. The van der Waals surface area contributed by atoms with Crippen LogP contribution in [0.3, 0.4) is 0 Å².